The second-order valence-corrected chi connectivity index (χ2v) is 8.17. The third-order valence-electron chi connectivity index (χ3n) is 5.06. The zero-order chi connectivity index (χ0) is 21.3. The van der Waals surface area contributed by atoms with Gasteiger partial charge in [0.25, 0.3) is 0 Å². The van der Waals surface area contributed by atoms with Crippen LogP contribution < -0.4 is 10.2 Å². The van der Waals surface area contributed by atoms with E-state index in [2.05, 4.69) is 80.5 Å². The average Bonchev–Trinajstić information content (AvgIpc) is 3.38. The number of hydrogen-bond acceptors (Lipinski definition) is 5. The number of para-hydroxylation sites is 1. The Kier molecular flexibility index (Phi) is 7.84. The minimum atomic E-state index is 0.498. The summed E-state index contributed by atoms with van der Waals surface area (Å²) in [7, 11) is 6.17. The van der Waals surface area contributed by atoms with Gasteiger partial charge in [-0.2, -0.15) is 11.3 Å². The quantitative estimate of drug-likeness (QED) is 0.324. The Labute approximate surface area is 183 Å². The van der Waals surface area contributed by atoms with E-state index in [-0.39, 0.29) is 0 Å². The standard InChI is InChI=1S/C22H31N7S/c1-18-25-26-21(29(18)4)15-24-22(28(3)16-19-11-14-30-17-19)23-12-8-13-27(2)20-9-6-5-7-10-20/h5-7,9-11,14,17H,8,12-13,15-16H2,1-4H3,(H,23,24). The van der Waals surface area contributed by atoms with Gasteiger partial charge in [0.2, 0.25) is 0 Å². The first-order valence-corrected chi connectivity index (χ1v) is 11.1. The molecule has 0 atom stereocenters. The number of nitrogens with zero attached hydrogens (tertiary/aromatic N) is 6. The zero-order valence-corrected chi connectivity index (χ0v) is 19.1. The maximum atomic E-state index is 4.82. The normalized spacial score (nSPS) is 11.5. The maximum absolute atomic E-state index is 4.82. The average molecular weight is 426 g/mol. The van der Waals surface area contributed by atoms with E-state index in [9.17, 15) is 0 Å². The van der Waals surface area contributed by atoms with Crippen molar-refractivity contribution in [1.82, 2.24) is 25.0 Å². The van der Waals surface area contributed by atoms with Crippen molar-refractivity contribution < 1.29 is 0 Å². The minimum Gasteiger partial charge on any atom is -0.375 e. The Morgan fingerprint density at radius 1 is 1.17 bits per heavy atom. The number of aromatic nitrogens is 3. The van der Waals surface area contributed by atoms with E-state index in [1.807, 2.05) is 24.6 Å². The fourth-order valence-corrected chi connectivity index (χ4v) is 3.77. The summed E-state index contributed by atoms with van der Waals surface area (Å²) in [6.45, 7) is 5.09. The fraction of sp³-hybridized carbons (Fsp3) is 0.409. The Bertz CT molecular complexity index is 918. The van der Waals surface area contributed by atoms with Crippen LogP contribution >= 0.6 is 11.3 Å². The summed E-state index contributed by atoms with van der Waals surface area (Å²) in [5.41, 5.74) is 2.52. The van der Waals surface area contributed by atoms with Gasteiger partial charge < -0.3 is 19.7 Å². The van der Waals surface area contributed by atoms with Crippen LogP contribution in [0.5, 0.6) is 0 Å². The number of anilines is 1. The molecule has 0 spiro atoms. The third kappa shape index (κ3) is 6.06. The van der Waals surface area contributed by atoms with Crippen molar-refractivity contribution >= 4 is 23.0 Å². The first-order chi connectivity index (χ1) is 14.5. The highest BCUT2D eigenvalue weighted by molar-refractivity contribution is 7.07. The summed E-state index contributed by atoms with van der Waals surface area (Å²) in [6.07, 6.45) is 1.01. The van der Waals surface area contributed by atoms with E-state index in [1.165, 1.54) is 11.3 Å². The Morgan fingerprint density at radius 3 is 2.63 bits per heavy atom. The number of hydrogen-bond donors (Lipinski definition) is 1. The zero-order valence-electron chi connectivity index (χ0n) is 18.2. The van der Waals surface area contributed by atoms with Gasteiger partial charge in [0.1, 0.15) is 12.4 Å². The van der Waals surface area contributed by atoms with Gasteiger partial charge in [-0.05, 0) is 47.9 Å². The monoisotopic (exact) mass is 425 g/mol. The Balaban J connectivity index is 1.58. The first kappa shape index (κ1) is 21.8. The molecule has 7 nitrogen and oxygen atoms in total. The molecule has 0 unspecified atom stereocenters. The van der Waals surface area contributed by atoms with E-state index < -0.39 is 0 Å². The smallest absolute Gasteiger partial charge is 0.194 e. The Morgan fingerprint density at radius 2 is 1.97 bits per heavy atom. The second-order valence-electron chi connectivity index (χ2n) is 7.39. The van der Waals surface area contributed by atoms with Crippen LogP contribution in [0, 0.1) is 6.92 Å². The SMILES string of the molecule is Cc1nnc(CN=C(NCCCN(C)c2ccccc2)N(C)Cc2ccsc2)n1C. The number of nitrogens with one attached hydrogen (secondary N) is 1. The van der Waals surface area contributed by atoms with E-state index in [0.29, 0.717) is 6.54 Å². The number of thiophene rings is 1. The van der Waals surface area contributed by atoms with Crippen molar-refractivity contribution in [3.8, 4) is 0 Å². The van der Waals surface area contributed by atoms with Gasteiger partial charge in [-0.15, -0.1) is 10.2 Å². The molecular weight excluding hydrogens is 394 g/mol. The summed E-state index contributed by atoms with van der Waals surface area (Å²) in [4.78, 5) is 9.25. The highest BCUT2D eigenvalue weighted by Crippen LogP contribution is 2.11. The summed E-state index contributed by atoms with van der Waals surface area (Å²) < 4.78 is 1.98. The molecule has 160 valence electrons. The molecule has 0 aliphatic rings. The van der Waals surface area contributed by atoms with Crippen LogP contribution in [-0.4, -0.2) is 52.8 Å². The fourth-order valence-electron chi connectivity index (χ4n) is 3.11. The predicted octanol–water partition coefficient (Wildman–Crippen LogP) is 3.29. The number of aliphatic imine (C=N–C) groups is 1. The van der Waals surface area contributed by atoms with Gasteiger partial charge in [-0.3, -0.25) is 0 Å². The predicted molar refractivity (Wildman–Crippen MR) is 125 cm³/mol. The second kappa shape index (κ2) is 10.8. The number of guanidine groups is 1. The molecule has 0 fully saturated rings. The molecule has 0 aliphatic heterocycles. The molecule has 0 amide bonds. The first-order valence-electron chi connectivity index (χ1n) is 10.2. The summed E-state index contributed by atoms with van der Waals surface area (Å²) >= 11 is 1.72. The van der Waals surface area contributed by atoms with Crippen LogP contribution in [0.25, 0.3) is 0 Å². The number of rotatable bonds is 9. The molecule has 0 radical (unpaired) electrons. The van der Waals surface area contributed by atoms with E-state index in [0.717, 1.165) is 43.7 Å². The lowest BCUT2D eigenvalue weighted by atomic mass is 10.3. The van der Waals surface area contributed by atoms with Gasteiger partial charge >= 0.3 is 0 Å². The van der Waals surface area contributed by atoms with Crippen molar-refractivity contribution in [2.75, 3.05) is 32.1 Å². The van der Waals surface area contributed by atoms with Gasteiger partial charge in [0.15, 0.2) is 11.8 Å². The third-order valence-corrected chi connectivity index (χ3v) is 5.80. The molecular formula is C22H31N7S. The van der Waals surface area contributed by atoms with Gasteiger partial charge in [0, 0.05) is 46.5 Å². The highest BCUT2D eigenvalue weighted by atomic mass is 32.1. The molecule has 8 heteroatoms. The highest BCUT2D eigenvalue weighted by Gasteiger charge is 2.10. The maximum Gasteiger partial charge on any atom is 0.194 e. The molecule has 0 saturated heterocycles. The van der Waals surface area contributed by atoms with Crippen molar-refractivity contribution in [2.24, 2.45) is 12.0 Å². The van der Waals surface area contributed by atoms with Crippen molar-refractivity contribution in [3.63, 3.8) is 0 Å². The minimum absolute atomic E-state index is 0.498. The van der Waals surface area contributed by atoms with Crippen molar-refractivity contribution in [1.29, 1.82) is 0 Å². The number of aryl methyl sites for hydroxylation is 1. The molecule has 0 bridgehead atoms. The van der Waals surface area contributed by atoms with Crippen LogP contribution in [0.4, 0.5) is 5.69 Å². The van der Waals surface area contributed by atoms with Gasteiger partial charge in [-0.25, -0.2) is 4.99 Å². The van der Waals surface area contributed by atoms with Crippen LogP contribution in [0.2, 0.25) is 0 Å². The van der Waals surface area contributed by atoms with Crippen molar-refractivity contribution in [3.05, 3.63) is 64.4 Å². The van der Waals surface area contributed by atoms with Crippen LogP contribution in [-0.2, 0) is 20.1 Å². The lowest BCUT2D eigenvalue weighted by Gasteiger charge is -2.23. The summed E-state index contributed by atoms with van der Waals surface area (Å²) in [5, 5.41) is 16.2. The lowest BCUT2D eigenvalue weighted by molar-refractivity contribution is 0.474. The molecule has 1 N–H and O–H groups in total. The van der Waals surface area contributed by atoms with Crippen LogP contribution in [0.3, 0.4) is 0 Å². The van der Waals surface area contributed by atoms with Gasteiger partial charge in [-0.1, -0.05) is 18.2 Å². The lowest BCUT2D eigenvalue weighted by Crippen LogP contribution is -2.39. The molecule has 2 aromatic heterocycles. The molecule has 3 aromatic rings. The summed E-state index contributed by atoms with van der Waals surface area (Å²) in [6, 6.07) is 12.6. The molecule has 3 rings (SSSR count). The molecule has 0 aliphatic carbocycles. The van der Waals surface area contributed by atoms with Crippen LogP contribution in [0.15, 0.2) is 52.2 Å². The van der Waals surface area contributed by atoms with E-state index >= 15 is 0 Å². The topological polar surface area (TPSA) is 61.6 Å². The van der Waals surface area contributed by atoms with E-state index in [1.54, 1.807) is 11.3 Å². The summed E-state index contributed by atoms with van der Waals surface area (Å²) in [5.74, 6) is 2.63. The Hall–Kier alpha value is -2.87. The molecule has 1 aromatic carbocycles. The molecule has 2 heterocycles. The largest absolute Gasteiger partial charge is 0.375 e. The number of benzene rings is 1. The van der Waals surface area contributed by atoms with E-state index in [4.69, 9.17) is 4.99 Å². The van der Waals surface area contributed by atoms with Crippen LogP contribution in [0.1, 0.15) is 23.6 Å². The van der Waals surface area contributed by atoms with Gasteiger partial charge in [0.05, 0.1) is 0 Å². The molecule has 30 heavy (non-hydrogen) atoms. The van der Waals surface area contributed by atoms with Crippen molar-refractivity contribution in [2.45, 2.75) is 26.4 Å². The molecule has 0 saturated carbocycles.